The molecule has 4 rings (SSSR count). The van der Waals surface area contributed by atoms with Gasteiger partial charge in [-0.05, 0) is 45.9 Å². The maximum Gasteiger partial charge on any atom is 0.0489 e. The molecule has 0 fully saturated rings. The lowest BCUT2D eigenvalue weighted by molar-refractivity contribution is 1.67. The molecular weight excluding hydrogens is 375 g/mol. The molecule has 20 heavy (non-hydrogen) atoms. The Labute approximate surface area is 135 Å². The lowest BCUT2D eigenvalue weighted by Crippen LogP contribution is -1.78. The SMILES string of the molecule is Ic1cccc2c1sc1cccc(-c3ccccc3)c12. The molecule has 96 valence electrons. The summed E-state index contributed by atoms with van der Waals surface area (Å²) in [4.78, 5) is 0. The van der Waals surface area contributed by atoms with Gasteiger partial charge in [0, 0.05) is 23.7 Å². The van der Waals surface area contributed by atoms with Crippen molar-refractivity contribution in [2.45, 2.75) is 0 Å². The normalized spacial score (nSPS) is 11.2. The molecule has 0 spiro atoms. The second-order valence-corrected chi connectivity index (χ2v) is 6.98. The average molecular weight is 386 g/mol. The van der Waals surface area contributed by atoms with Crippen LogP contribution in [0.1, 0.15) is 0 Å². The summed E-state index contributed by atoms with van der Waals surface area (Å²) < 4.78 is 4.09. The van der Waals surface area contributed by atoms with E-state index in [1.807, 2.05) is 11.3 Å². The number of thiophene rings is 1. The van der Waals surface area contributed by atoms with Crippen LogP contribution in [-0.2, 0) is 0 Å². The number of benzene rings is 3. The largest absolute Gasteiger partial charge is 0.134 e. The Morgan fingerprint density at radius 1 is 0.750 bits per heavy atom. The highest BCUT2D eigenvalue weighted by atomic mass is 127. The first-order chi connectivity index (χ1) is 9.84. The fourth-order valence-electron chi connectivity index (χ4n) is 2.67. The van der Waals surface area contributed by atoms with Crippen LogP contribution < -0.4 is 0 Å². The molecule has 2 heteroatoms. The topological polar surface area (TPSA) is 0 Å². The zero-order chi connectivity index (χ0) is 13.5. The molecule has 0 aliphatic heterocycles. The quantitative estimate of drug-likeness (QED) is 0.336. The molecule has 4 aromatic rings. The van der Waals surface area contributed by atoms with Crippen LogP contribution in [-0.4, -0.2) is 0 Å². The predicted octanol–water partition coefficient (Wildman–Crippen LogP) is 6.33. The van der Waals surface area contributed by atoms with Gasteiger partial charge in [-0.15, -0.1) is 11.3 Å². The number of hydrogen-bond donors (Lipinski definition) is 0. The Balaban J connectivity index is 2.17. The molecule has 0 aliphatic rings. The Kier molecular flexibility index (Phi) is 3.00. The molecule has 0 radical (unpaired) electrons. The zero-order valence-electron chi connectivity index (χ0n) is 10.6. The summed E-state index contributed by atoms with van der Waals surface area (Å²) in [5.74, 6) is 0. The fourth-order valence-corrected chi connectivity index (χ4v) is 4.63. The van der Waals surface area contributed by atoms with Crippen molar-refractivity contribution in [2.75, 3.05) is 0 Å². The maximum absolute atomic E-state index is 2.43. The Morgan fingerprint density at radius 2 is 1.55 bits per heavy atom. The number of hydrogen-bond acceptors (Lipinski definition) is 1. The second kappa shape index (κ2) is 4.86. The number of fused-ring (bicyclic) bond motifs is 3. The van der Waals surface area contributed by atoms with Gasteiger partial charge in [-0.1, -0.05) is 54.6 Å². The standard InChI is InChI=1S/C18H11IS/c19-15-10-4-9-14-17-13(12-6-2-1-3-7-12)8-5-11-16(17)20-18(14)15/h1-11H. The Hall–Kier alpha value is -1.39. The summed E-state index contributed by atoms with van der Waals surface area (Å²) in [7, 11) is 0. The van der Waals surface area contributed by atoms with E-state index in [0.717, 1.165) is 0 Å². The van der Waals surface area contributed by atoms with Gasteiger partial charge in [-0.2, -0.15) is 0 Å². The summed E-state index contributed by atoms with van der Waals surface area (Å²) in [5.41, 5.74) is 2.62. The first-order valence-electron chi connectivity index (χ1n) is 6.50. The van der Waals surface area contributed by atoms with E-state index in [9.17, 15) is 0 Å². The van der Waals surface area contributed by atoms with E-state index in [2.05, 4.69) is 89.3 Å². The van der Waals surface area contributed by atoms with E-state index >= 15 is 0 Å². The van der Waals surface area contributed by atoms with E-state index < -0.39 is 0 Å². The summed E-state index contributed by atoms with van der Waals surface area (Å²) in [5, 5.41) is 2.76. The number of rotatable bonds is 1. The van der Waals surface area contributed by atoms with E-state index in [4.69, 9.17) is 0 Å². The van der Waals surface area contributed by atoms with Crippen molar-refractivity contribution in [1.82, 2.24) is 0 Å². The smallest absolute Gasteiger partial charge is 0.0489 e. The summed E-state index contributed by atoms with van der Waals surface area (Å²) in [6, 6.07) is 23.8. The lowest BCUT2D eigenvalue weighted by Gasteiger charge is -2.04. The number of halogens is 1. The molecule has 0 aliphatic carbocycles. The summed E-state index contributed by atoms with van der Waals surface area (Å²) >= 11 is 4.32. The molecule has 0 saturated heterocycles. The van der Waals surface area contributed by atoms with Crippen LogP contribution >= 0.6 is 33.9 Å². The minimum absolute atomic E-state index is 1.29. The summed E-state index contributed by atoms with van der Waals surface area (Å²) in [6.45, 7) is 0. The van der Waals surface area contributed by atoms with Gasteiger partial charge < -0.3 is 0 Å². The molecule has 0 unspecified atom stereocenters. The van der Waals surface area contributed by atoms with Gasteiger partial charge in [0.25, 0.3) is 0 Å². The molecule has 0 nitrogen and oxygen atoms in total. The first kappa shape index (κ1) is 12.4. The highest BCUT2D eigenvalue weighted by Crippen LogP contribution is 2.41. The van der Waals surface area contributed by atoms with Crippen molar-refractivity contribution in [3.63, 3.8) is 0 Å². The van der Waals surface area contributed by atoms with Crippen LogP contribution in [0, 0.1) is 3.57 Å². The van der Waals surface area contributed by atoms with Crippen LogP contribution in [0.3, 0.4) is 0 Å². The Morgan fingerprint density at radius 3 is 2.40 bits per heavy atom. The van der Waals surface area contributed by atoms with Crippen molar-refractivity contribution >= 4 is 54.1 Å². The van der Waals surface area contributed by atoms with Gasteiger partial charge in [-0.25, -0.2) is 0 Å². The minimum Gasteiger partial charge on any atom is -0.134 e. The van der Waals surface area contributed by atoms with Crippen molar-refractivity contribution < 1.29 is 0 Å². The molecular formula is C18H11IS. The Bertz CT molecular complexity index is 907. The highest BCUT2D eigenvalue weighted by Gasteiger charge is 2.11. The van der Waals surface area contributed by atoms with Crippen LogP contribution in [0.15, 0.2) is 66.7 Å². The molecule has 0 amide bonds. The third-order valence-corrected chi connectivity index (χ3v) is 6.03. The van der Waals surface area contributed by atoms with E-state index in [-0.39, 0.29) is 0 Å². The third kappa shape index (κ3) is 1.86. The van der Waals surface area contributed by atoms with Crippen LogP contribution in [0.5, 0.6) is 0 Å². The molecule has 0 atom stereocenters. The van der Waals surface area contributed by atoms with Gasteiger partial charge >= 0.3 is 0 Å². The van der Waals surface area contributed by atoms with Crippen LogP contribution in [0.25, 0.3) is 31.3 Å². The zero-order valence-corrected chi connectivity index (χ0v) is 13.6. The second-order valence-electron chi connectivity index (χ2n) is 4.76. The monoisotopic (exact) mass is 386 g/mol. The highest BCUT2D eigenvalue weighted by molar-refractivity contribution is 14.1. The molecule has 1 aromatic heterocycles. The fraction of sp³-hybridized carbons (Fsp3) is 0. The minimum atomic E-state index is 1.29. The molecule has 0 N–H and O–H groups in total. The van der Waals surface area contributed by atoms with E-state index in [0.29, 0.717) is 0 Å². The van der Waals surface area contributed by atoms with E-state index in [1.165, 1.54) is 34.9 Å². The first-order valence-corrected chi connectivity index (χ1v) is 8.39. The van der Waals surface area contributed by atoms with E-state index in [1.54, 1.807) is 0 Å². The van der Waals surface area contributed by atoms with Crippen molar-refractivity contribution in [2.24, 2.45) is 0 Å². The average Bonchev–Trinajstić information content (AvgIpc) is 2.88. The molecule has 0 saturated carbocycles. The lowest BCUT2D eigenvalue weighted by atomic mass is 10.00. The van der Waals surface area contributed by atoms with Gasteiger partial charge in [-0.3, -0.25) is 0 Å². The van der Waals surface area contributed by atoms with Gasteiger partial charge in [0.2, 0.25) is 0 Å². The predicted molar refractivity (Wildman–Crippen MR) is 97.5 cm³/mol. The van der Waals surface area contributed by atoms with Crippen molar-refractivity contribution in [3.8, 4) is 11.1 Å². The molecule has 0 bridgehead atoms. The maximum atomic E-state index is 2.43. The van der Waals surface area contributed by atoms with Crippen LogP contribution in [0.4, 0.5) is 0 Å². The van der Waals surface area contributed by atoms with Gasteiger partial charge in [0.05, 0.1) is 0 Å². The van der Waals surface area contributed by atoms with Crippen LogP contribution in [0.2, 0.25) is 0 Å². The third-order valence-electron chi connectivity index (χ3n) is 3.56. The van der Waals surface area contributed by atoms with Gasteiger partial charge in [0.15, 0.2) is 0 Å². The van der Waals surface area contributed by atoms with Crippen molar-refractivity contribution in [3.05, 3.63) is 70.3 Å². The molecule has 3 aromatic carbocycles. The summed E-state index contributed by atoms with van der Waals surface area (Å²) in [6.07, 6.45) is 0. The van der Waals surface area contributed by atoms with Crippen molar-refractivity contribution in [1.29, 1.82) is 0 Å². The van der Waals surface area contributed by atoms with Gasteiger partial charge in [0.1, 0.15) is 0 Å². The molecule has 1 heterocycles.